The molecule has 0 aliphatic carbocycles. The van der Waals surface area contributed by atoms with Crippen LogP contribution in [0, 0.1) is 0 Å². The second-order valence-electron chi connectivity index (χ2n) is 7.62. The Morgan fingerprint density at radius 1 is 1.00 bits per heavy atom. The average molecular weight is 458 g/mol. The second-order valence-corrected chi connectivity index (χ2v) is 7.62. The second kappa shape index (κ2) is 9.95. The van der Waals surface area contributed by atoms with Crippen LogP contribution in [0.1, 0.15) is 22.3 Å². The Morgan fingerprint density at radius 3 is 2.38 bits per heavy atom. The zero-order valence-corrected chi connectivity index (χ0v) is 18.4. The van der Waals surface area contributed by atoms with Gasteiger partial charge in [-0.3, -0.25) is 14.6 Å². The standard InChI is InChI=1S/C25H22N4O5/c1-34-24(32)18-9-11-19(12-10-18)27-22(30)14-21-23(31)29(20-7-3-2-4-8-20)25(33)28(21)16-17-6-5-13-26-15-17/h2-13,15,21H,14,16H2,1H3,(H,27,30). The van der Waals surface area contributed by atoms with E-state index in [4.69, 9.17) is 0 Å². The van der Waals surface area contributed by atoms with E-state index in [1.54, 1.807) is 67.0 Å². The van der Waals surface area contributed by atoms with E-state index in [2.05, 4.69) is 15.0 Å². The molecule has 3 aromatic rings. The first-order valence-corrected chi connectivity index (χ1v) is 10.5. The van der Waals surface area contributed by atoms with Crippen molar-refractivity contribution in [2.45, 2.75) is 19.0 Å². The molecule has 4 rings (SSSR count). The number of methoxy groups -OCH3 is 1. The number of benzene rings is 2. The molecule has 9 heteroatoms. The van der Waals surface area contributed by atoms with Crippen molar-refractivity contribution in [3.63, 3.8) is 0 Å². The van der Waals surface area contributed by atoms with Crippen LogP contribution in [0.25, 0.3) is 0 Å². The SMILES string of the molecule is COC(=O)c1ccc(NC(=O)CC2C(=O)N(c3ccccc3)C(=O)N2Cc2cccnc2)cc1. The smallest absolute Gasteiger partial charge is 0.337 e. The number of pyridine rings is 1. The molecule has 1 fully saturated rings. The van der Waals surface area contributed by atoms with E-state index in [1.165, 1.54) is 24.1 Å². The molecule has 9 nitrogen and oxygen atoms in total. The fourth-order valence-corrected chi connectivity index (χ4v) is 3.71. The highest BCUT2D eigenvalue weighted by Crippen LogP contribution is 2.28. The van der Waals surface area contributed by atoms with Crippen LogP contribution >= 0.6 is 0 Å². The zero-order chi connectivity index (χ0) is 24.1. The number of hydrogen-bond donors (Lipinski definition) is 1. The molecular formula is C25H22N4O5. The van der Waals surface area contributed by atoms with Gasteiger partial charge in [0.15, 0.2) is 0 Å². The van der Waals surface area contributed by atoms with Gasteiger partial charge in [-0.15, -0.1) is 0 Å². The maximum Gasteiger partial charge on any atom is 0.337 e. The number of hydrogen-bond acceptors (Lipinski definition) is 6. The molecule has 34 heavy (non-hydrogen) atoms. The average Bonchev–Trinajstić information content (AvgIpc) is 3.09. The summed E-state index contributed by atoms with van der Waals surface area (Å²) in [4.78, 5) is 57.5. The summed E-state index contributed by atoms with van der Waals surface area (Å²) in [6.07, 6.45) is 3.00. The van der Waals surface area contributed by atoms with E-state index in [9.17, 15) is 19.2 Å². The molecule has 1 unspecified atom stereocenters. The molecule has 0 saturated carbocycles. The summed E-state index contributed by atoms with van der Waals surface area (Å²) in [5.74, 6) is -1.40. The number of urea groups is 1. The lowest BCUT2D eigenvalue weighted by atomic mass is 10.1. The van der Waals surface area contributed by atoms with Gasteiger partial charge in [0, 0.05) is 24.6 Å². The Labute approximate surface area is 196 Å². The van der Waals surface area contributed by atoms with E-state index >= 15 is 0 Å². The molecule has 0 bridgehead atoms. The molecule has 1 N–H and O–H groups in total. The van der Waals surface area contributed by atoms with Crippen LogP contribution in [0.3, 0.4) is 0 Å². The lowest BCUT2D eigenvalue weighted by molar-refractivity contribution is -0.124. The minimum atomic E-state index is -0.984. The van der Waals surface area contributed by atoms with Gasteiger partial charge in [-0.1, -0.05) is 24.3 Å². The van der Waals surface area contributed by atoms with Gasteiger partial charge in [-0.25, -0.2) is 14.5 Å². The third-order valence-electron chi connectivity index (χ3n) is 5.38. The predicted molar refractivity (Wildman–Crippen MR) is 124 cm³/mol. The van der Waals surface area contributed by atoms with Crippen LogP contribution in [-0.4, -0.2) is 46.9 Å². The first-order chi connectivity index (χ1) is 16.5. The lowest BCUT2D eigenvalue weighted by Gasteiger charge is -2.21. The summed E-state index contributed by atoms with van der Waals surface area (Å²) < 4.78 is 4.66. The molecule has 1 aliphatic heterocycles. The van der Waals surface area contributed by atoms with Gasteiger partial charge in [-0.2, -0.15) is 0 Å². The maximum absolute atomic E-state index is 13.3. The van der Waals surface area contributed by atoms with Crippen LogP contribution in [0.2, 0.25) is 0 Å². The van der Waals surface area contributed by atoms with Gasteiger partial charge < -0.3 is 15.0 Å². The Hall–Kier alpha value is -4.53. The number of anilines is 2. The van der Waals surface area contributed by atoms with Crippen molar-refractivity contribution in [1.29, 1.82) is 0 Å². The number of imide groups is 1. The number of carbonyl (C=O) groups excluding carboxylic acids is 4. The molecule has 172 valence electrons. The summed E-state index contributed by atoms with van der Waals surface area (Å²) >= 11 is 0. The van der Waals surface area contributed by atoms with Crippen molar-refractivity contribution in [2.75, 3.05) is 17.3 Å². The van der Waals surface area contributed by atoms with E-state index in [0.717, 1.165) is 10.5 Å². The number of carbonyl (C=O) groups is 4. The number of aromatic nitrogens is 1. The van der Waals surface area contributed by atoms with Gasteiger partial charge in [-0.05, 0) is 48.0 Å². The van der Waals surface area contributed by atoms with Gasteiger partial charge in [0.05, 0.1) is 24.8 Å². The van der Waals surface area contributed by atoms with E-state index < -0.39 is 29.9 Å². The number of ether oxygens (including phenoxy) is 1. The highest BCUT2D eigenvalue weighted by atomic mass is 16.5. The molecule has 2 aromatic carbocycles. The van der Waals surface area contributed by atoms with E-state index in [-0.39, 0.29) is 13.0 Å². The van der Waals surface area contributed by atoms with Gasteiger partial charge in [0.25, 0.3) is 5.91 Å². The number of nitrogens with zero attached hydrogens (tertiary/aromatic N) is 3. The molecule has 0 radical (unpaired) electrons. The normalized spacial score (nSPS) is 15.4. The number of amides is 4. The summed E-state index contributed by atoms with van der Waals surface area (Å²) in [7, 11) is 1.29. The molecule has 4 amide bonds. The van der Waals surface area contributed by atoms with Crippen LogP contribution < -0.4 is 10.2 Å². The number of rotatable bonds is 7. The maximum atomic E-state index is 13.3. The third kappa shape index (κ3) is 4.78. The number of esters is 1. The van der Waals surface area contributed by atoms with Crippen LogP contribution in [-0.2, 0) is 20.9 Å². The molecule has 1 saturated heterocycles. The topological polar surface area (TPSA) is 109 Å². The summed E-state index contributed by atoms with van der Waals surface area (Å²) in [5, 5.41) is 2.72. The highest BCUT2D eigenvalue weighted by molar-refractivity contribution is 6.22. The minimum absolute atomic E-state index is 0.132. The van der Waals surface area contributed by atoms with Crippen molar-refractivity contribution >= 4 is 35.2 Å². The van der Waals surface area contributed by atoms with Crippen LogP contribution in [0.15, 0.2) is 79.1 Å². The van der Waals surface area contributed by atoms with Crippen molar-refractivity contribution in [3.8, 4) is 0 Å². The molecule has 1 aromatic heterocycles. The van der Waals surface area contributed by atoms with Crippen LogP contribution in [0.5, 0.6) is 0 Å². The first kappa shape index (κ1) is 22.7. The largest absolute Gasteiger partial charge is 0.465 e. The summed E-state index contributed by atoms with van der Waals surface area (Å²) in [5.41, 5.74) is 1.98. The van der Waals surface area contributed by atoms with Gasteiger partial charge in [0.1, 0.15) is 6.04 Å². The Balaban J connectivity index is 1.54. The van der Waals surface area contributed by atoms with Gasteiger partial charge in [0.2, 0.25) is 5.91 Å². The Bertz CT molecular complexity index is 1200. The van der Waals surface area contributed by atoms with Crippen molar-refractivity contribution < 1.29 is 23.9 Å². The first-order valence-electron chi connectivity index (χ1n) is 10.5. The summed E-state index contributed by atoms with van der Waals surface area (Å²) in [6.45, 7) is 0.132. The third-order valence-corrected chi connectivity index (χ3v) is 5.38. The fourth-order valence-electron chi connectivity index (χ4n) is 3.71. The predicted octanol–water partition coefficient (Wildman–Crippen LogP) is 3.23. The number of nitrogens with one attached hydrogen (secondary N) is 1. The quantitative estimate of drug-likeness (QED) is 0.430. The monoisotopic (exact) mass is 458 g/mol. The van der Waals surface area contributed by atoms with Crippen molar-refractivity contribution in [2.24, 2.45) is 0 Å². The van der Waals surface area contributed by atoms with E-state index in [1.807, 2.05) is 0 Å². The lowest BCUT2D eigenvalue weighted by Crippen LogP contribution is -2.37. The molecule has 0 spiro atoms. The number of para-hydroxylation sites is 1. The molecule has 1 aliphatic rings. The Morgan fingerprint density at radius 2 is 1.74 bits per heavy atom. The molecule has 2 heterocycles. The van der Waals surface area contributed by atoms with Gasteiger partial charge >= 0.3 is 12.0 Å². The molecule has 1 atom stereocenters. The fraction of sp³-hybridized carbons (Fsp3) is 0.160. The highest BCUT2D eigenvalue weighted by Gasteiger charge is 2.46. The Kier molecular flexibility index (Phi) is 6.63. The zero-order valence-electron chi connectivity index (χ0n) is 18.4. The van der Waals surface area contributed by atoms with Crippen molar-refractivity contribution in [1.82, 2.24) is 9.88 Å². The summed E-state index contributed by atoms with van der Waals surface area (Å²) in [6, 6.07) is 16.8. The van der Waals surface area contributed by atoms with E-state index in [0.29, 0.717) is 16.9 Å². The minimum Gasteiger partial charge on any atom is -0.465 e. The van der Waals surface area contributed by atoms with Crippen LogP contribution in [0.4, 0.5) is 16.2 Å². The van der Waals surface area contributed by atoms with Crippen molar-refractivity contribution in [3.05, 3.63) is 90.3 Å². The molecular weight excluding hydrogens is 436 g/mol.